The molecule has 0 spiro atoms. The normalized spacial score (nSPS) is 22.4. The van der Waals surface area contributed by atoms with Crippen LogP contribution in [0.3, 0.4) is 0 Å². The summed E-state index contributed by atoms with van der Waals surface area (Å²) >= 11 is 0. The van der Waals surface area contributed by atoms with E-state index in [1.54, 1.807) is 0 Å². The molecule has 41 heavy (non-hydrogen) atoms. The van der Waals surface area contributed by atoms with Crippen molar-refractivity contribution < 1.29 is 9.47 Å². The molecule has 0 aromatic heterocycles. The van der Waals surface area contributed by atoms with Crippen LogP contribution in [0.4, 0.5) is 0 Å². The van der Waals surface area contributed by atoms with Crippen LogP contribution in [0.25, 0.3) is 0 Å². The molecule has 236 valence electrons. The number of hydrogen-bond donors (Lipinski definition) is 0. The zero-order valence-corrected chi connectivity index (χ0v) is 27.6. The lowest BCUT2D eigenvalue weighted by molar-refractivity contribution is -0.192. The van der Waals surface area contributed by atoms with Crippen molar-refractivity contribution in [3.63, 3.8) is 0 Å². The zero-order valence-electron chi connectivity index (χ0n) is 27.6. The van der Waals surface area contributed by atoms with Crippen LogP contribution in [0, 0.1) is 5.92 Å². The average Bonchev–Trinajstić information content (AvgIpc) is 3.47. The molecular weight excluding hydrogens is 500 g/mol. The summed E-state index contributed by atoms with van der Waals surface area (Å²) in [5, 5.41) is 0. The van der Waals surface area contributed by atoms with Gasteiger partial charge < -0.3 is 9.47 Å². The Morgan fingerprint density at radius 3 is 1.24 bits per heavy atom. The molecule has 0 N–H and O–H groups in total. The fourth-order valence-corrected chi connectivity index (χ4v) is 6.44. The molecule has 0 radical (unpaired) electrons. The molecule has 1 unspecified atom stereocenters. The van der Waals surface area contributed by atoms with E-state index in [9.17, 15) is 0 Å². The average molecular weight is 569 g/mol. The molecule has 2 nitrogen and oxygen atoms in total. The molecule has 1 saturated carbocycles. The van der Waals surface area contributed by atoms with Gasteiger partial charge in [0.25, 0.3) is 0 Å². The minimum Gasteiger partial charge on any atom is -0.344 e. The number of allylic oxidation sites excluding steroid dienone is 8. The van der Waals surface area contributed by atoms with Crippen LogP contribution in [0.15, 0.2) is 48.6 Å². The van der Waals surface area contributed by atoms with Crippen molar-refractivity contribution in [2.45, 2.75) is 193 Å². The summed E-state index contributed by atoms with van der Waals surface area (Å²) in [5.41, 5.74) is 0. The minimum absolute atomic E-state index is 0.289. The molecule has 3 atom stereocenters. The summed E-state index contributed by atoms with van der Waals surface area (Å²) in [6, 6.07) is 0. The Kier molecular flexibility index (Phi) is 21.4. The van der Waals surface area contributed by atoms with Gasteiger partial charge in [0.15, 0.2) is 5.79 Å². The Labute approximate surface area is 256 Å². The molecule has 1 aliphatic heterocycles. The van der Waals surface area contributed by atoms with Gasteiger partial charge in [-0.05, 0) is 95.8 Å². The van der Waals surface area contributed by atoms with Gasteiger partial charge in [-0.1, -0.05) is 121 Å². The Morgan fingerprint density at radius 1 is 0.488 bits per heavy atom. The first-order valence-electron chi connectivity index (χ1n) is 18.1. The van der Waals surface area contributed by atoms with E-state index < -0.39 is 0 Å². The highest BCUT2D eigenvalue weighted by Gasteiger charge is 2.50. The van der Waals surface area contributed by atoms with Gasteiger partial charge in [0.05, 0.1) is 12.2 Å². The third kappa shape index (κ3) is 17.6. The van der Waals surface area contributed by atoms with E-state index in [2.05, 4.69) is 69.4 Å². The first-order valence-corrected chi connectivity index (χ1v) is 18.1. The molecule has 1 aliphatic carbocycles. The Hall–Kier alpha value is -1.12. The van der Waals surface area contributed by atoms with Crippen molar-refractivity contribution in [2.75, 3.05) is 0 Å². The van der Waals surface area contributed by atoms with Crippen LogP contribution < -0.4 is 0 Å². The van der Waals surface area contributed by atoms with Gasteiger partial charge in [0.1, 0.15) is 0 Å². The second-order valence-corrected chi connectivity index (χ2v) is 13.1. The van der Waals surface area contributed by atoms with Crippen LogP contribution in [0.2, 0.25) is 0 Å². The van der Waals surface area contributed by atoms with E-state index in [-0.39, 0.29) is 5.79 Å². The minimum atomic E-state index is -0.289. The molecule has 2 fully saturated rings. The molecule has 0 amide bonds. The van der Waals surface area contributed by atoms with E-state index in [4.69, 9.17) is 9.47 Å². The standard InChI is InChI=1S/C39H68O2/c1-4-6-8-10-12-14-16-18-20-22-24-26-28-30-32-39(40-37-34-36(3)35-38(37)41-39)33-31-29-27-25-23-21-19-17-15-13-11-9-7-5-2/h12-15,18-21,36-38H,4-11,16-17,22-35H2,1-3H3/b14-12-,15-13-,20-18-,21-19-/t36?,37-,38+. The van der Waals surface area contributed by atoms with Gasteiger partial charge >= 0.3 is 0 Å². The van der Waals surface area contributed by atoms with E-state index in [1.165, 1.54) is 128 Å². The molecule has 1 saturated heterocycles. The number of rotatable bonds is 26. The highest BCUT2D eigenvalue weighted by atomic mass is 16.8. The first-order chi connectivity index (χ1) is 20.2. The maximum atomic E-state index is 6.71. The predicted molar refractivity (Wildman–Crippen MR) is 180 cm³/mol. The zero-order chi connectivity index (χ0) is 29.3. The summed E-state index contributed by atoms with van der Waals surface area (Å²) in [4.78, 5) is 0. The second kappa shape index (κ2) is 24.3. The molecule has 2 aliphatic rings. The molecule has 0 bridgehead atoms. The smallest absolute Gasteiger partial charge is 0.169 e. The molecule has 0 aromatic carbocycles. The highest BCUT2D eigenvalue weighted by Crippen LogP contribution is 2.45. The summed E-state index contributed by atoms with van der Waals surface area (Å²) in [7, 11) is 0. The first kappa shape index (κ1) is 36.1. The third-order valence-corrected chi connectivity index (χ3v) is 8.93. The number of hydrogen-bond acceptors (Lipinski definition) is 2. The van der Waals surface area contributed by atoms with E-state index >= 15 is 0 Å². The van der Waals surface area contributed by atoms with Crippen molar-refractivity contribution in [2.24, 2.45) is 5.92 Å². The Bertz CT molecular complexity index is 657. The fourth-order valence-electron chi connectivity index (χ4n) is 6.44. The third-order valence-electron chi connectivity index (χ3n) is 8.93. The van der Waals surface area contributed by atoms with Gasteiger partial charge in [0, 0.05) is 12.8 Å². The van der Waals surface area contributed by atoms with E-state index in [0.717, 1.165) is 31.6 Å². The molecule has 0 aromatic rings. The molecule has 2 heteroatoms. The van der Waals surface area contributed by atoms with E-state index in [1.807, 2.05) is 0 Å². The maximum absolute atomic E-state index is 6.71. The summed E-state index contributed by atoms with van der Waals surface area (Å²) < 4.78 is 13.4. The van der Waals surface area contributed by atoms with Crippen molar-refractivity contribution in [1.29, 1.82) is 0 Å². The van der Waals surface area contributed by atoms with Gasteiger partial charge in [-0.25, -0.2) is 0 Å². The van der Waals surface area contributed by atoms with Crippen molar-refractivity contribution in [3.05, 3.63) is 48.6 Å². The Balaban J connectivity index is 1.55. The number of unbranched alkanes of at least 4 members (excludes halogenated alkanes) is 14. The fraction of sp³-hybridized carbons (Fsp3) is 0.795. The van der Waals surface area contributed by atoms with Crippen LogP contribution in [-0.4, -0.2) is 18.0 Å². The van der Waals surface area contributed by atoms with E-state index in [0.29, 0.717) is 12.2 Å². The molecule has 1 heterocycles. The summed E-state index contributed by atoms with van der Waals surface area (Å²) in [5.74, 6) is 0.458. The number of fused-ring (bicyclic) bond motifs is 1. The maximum Gasteiger partial charge on any atom is 0.169 e. The van der Waals surface area contributed by atoms with Gasteiger partial charge in [0.2, 0.25) is 0 Å². The van der Waals surface area contributed by atoms with Gasteiger partial charge in [-0.3, -0.25) is 0 Å². The lowest BCUT2D eigenvalue weighted by atomic mass is 9.99. The van der Waals surface area contributed by atoms with Crippen molar-refractivity contribution >= 4 is 0 Å². The van der Waals surface area contributed by atoms with Crippen LogP contribution in [-0.2, 0) is 9.47 Å². The largest absolute Gasteiger partial charge is 0.344 e. The van der Waals surface area contributed by atoms with Crippen molar-refractivity contribution in [1.82, 2.24) is 0 Å². The Morgan fingerprint density at radius 2 is 0.854 bits per heavy atom. The monoisotopic (exact) mass is 569 g/mol. The SMILES string of the molecule is CCCCC/C=C\C/C=C\CCCCCCC1(CCCCCC/C=C\C/C=C\CCCCC)O[C@H]2CC(C)C[C@H]2O1. The lowest BCUT2D eigenvalue weighted by Crippen LogP contribution is -2.32. The number of ether oxygens (including phenoxy) is 2. The van der Waals surface area contributed by atoms with Crippen LogP contribution >= 0.6 is 0 Å². The summed E-state index contributed by atoms with van der Waals surface area (Å²) in [6.07, 6.45) is 49.5. The molecular formula is C39H68O2. The van der Waals surface area contributed by atoms with Crippen molar-refractivity contribution in [3.8, 4) is 0 Å². The van der Waals surface area contributed by atoms with Crippen LogP contribution in [0.5, 0.6) is 0 Å². The lowest BCUT2D eigenvalue weighted by Gasteiger charge is -2.30. The van der Waals surface area contributed by atoms with Gasteiger partial charge in [-0.15, -0.1) is 0 Å². The van der Waals surface area contributed by atoms with Gasteiger partial charge in [-0.2, -0.15) is 0 Å². The molecule has 2 rings (SSSR count). The summed E-state index contributed by atoms with van der Waals surface area (Å²) in [6.45, 7) is 6.89. The highest BCUT2D eigenvalue weighted by molar-refractivity contribution is 4.94. The topological polar surface area (TPSA) is 18.5 Å². The van der Waals surface area contributed by atoms with Crippen LogP contribution in [0.1, 0.15) is 175 Å². The second-order valence-electron chi connectivity index (χ2n) is 13.1. The predicted octanol–water partition coefficient (Wildman–Crippen LogP) is 12.7. The quantitative estimate of drug-likeness (QED) is 0.0763.